The van der Waals surface area contributed by atoms with Crippen molar-refractivity contribution in [1.29, 1.82) is 0 Å². The molecule has 1 heterocycles. The molecule has 0 bridgehead atoms. The lowest BCUT2D eigenvalue weighted by Crippen LogP contribution is -2.45. The maximum absolute atomic E-state index is 12.3. The highest BCUT2D eigenvalue weighted by atomic mass is 16.1. The quantitative estimate of drug-likeness (QED) is 0.930. The van der Waals surface area contributed by atoms with Crippen molar-refractivity contribution in [1.82, 2.24) is 10.2 Å². The van der Waals surface area contributed by atoms with Gasteiger partial charge in [-0.15, -0.1) is 0 Å². The van der Waals surface area contributed by atoms with E-state index < -0.39 is 0 Å². The maximum Gasteiger partial charge on any atom is 0.223 e. The Hall–Kier alpha value is -1.87. The number of likely N-dealkylation sites (tertiary alicyclic amines) is 1. The molecule has 0 spiro atoms. The van der Waals surface area contributed by atoms with Crippen LogP contribution in [0.1, 0.15) is 37.7 Å². The van der Waals surface area contributed by atoms with Gasteiger partial charge in [-0.1, -0.05) is 36.4 Å². The van der Waals surface area contributed by atoms with E-state index in [9.17, 15) is 4.79 Å². The van der Waals surface area contributed by atoms with Crippen LogP contribution in [0.4, 0.5) is 0 Å². The SMILES string of the molecule is O=C(NC1CCC1)C1CCN(Cc2ccc3ccccc3c2)CC1. The molecule has 1 N–H and O–H groups in total. The monoisotopic (exact) mass is 322 g/mol. The van der Waals surface area contributed by atoms with Crippen LogP contribution in [0, 0.1) is 5.92 Å². The Morgan fingerprint density at radius 2 is 1.75 bits per heavy atom. The first-order valence-electron chi connectivity index (χ1n) is 9.28. The van der Waals surface area contributed by atoms with E-state index in [1.807, 2.05) is 0 Å². The summed E-state index contributed by atoms with van der Waals surface area (Å²) in [5.41, 5.74) is 1.37. The number of carbonyl (C=O) groups is 1. The van der Waals surface area contributed by atoms with Gasteiger partial charge in [0.05, 0.1) is 0 Å². The minimum atomic E-state index is 0.221. The zero-order chi connectivity index (χ0) is 16.4. The van der Waals surface area contributed by atoms with Crippen LogP contribution in [-0.2, 0) is 11.3 Å². The molecule has 3 nitrogen and oxygen atoms in total. The third-order valence-corrected chi connectivity index (χ3v) is 5.63. The highest BCUT2D eigenvalue weighted by molar-refractivity contribution is 5.83. The van der Waals surface area contributed by atoms with Crippen molar-refractivity contribution in [2.24, 2.45) is 5.92 Å². The van der Waals surface area contributed by atoms with Crippen LogP contribution in [-0.4, -0.2) is 29.9 Å². The van der Waals surface area contributed by atoms with E-state index in [1.165, 1.54) is 35.6 Å². The van der Waals surface area contributed by atoms with E-state index in [4.69, 9.17) is 0 Å². The number of hydrogen-bond donors (Lipinski definition) is 1. The smallest absolute Gasteiger partial charge is 0.223 e. The van der Waals surface area contributed by atoms with Gasteiger partial charge in [0, 0.05) is 18.5 Å². The molecule has 1 amide bonds. The van der Waals surface area contributed by atoms with Gasteiger partial charge in [0.15, 0.2) is 0 Å². The van der Waals surface area contributed by atoms with Gasteiger partial charge in [0.25, 0.3) is 0 Å². The van der Waals surface area contributed by atoms with Crippen LogP contribution in [0.25, 0.3) is 10.8 Å². The van der Waals surface area contributed by atoms with Crippen LogP contribution >= 0.6 is 0 Å². The molecule has 1 aliphatic carbocycles. The third kappa shape index (κ3) is 3.46. The Kier molecular flexibility index (Phi) is 4.52. The standard InChI is InChI=1S/C21H26N2O/c24-21(22-20-6-3-7-20)18-10-12-23(13-11-18)15-16-8-9-17-4-1-2-5-19(17)14-16/h1-2,4-5,8-9,14,18,20H,3,6-7,10-13,15H2,(H,22,24). The van der Waals surface area contributed by atoms with Crippen LogP contribution in [0.2, 0.25) is 0 Å². The predicted octanol–water partition coefficient (Wildman–Crippen LogP) is 3.72. The summed E-state index contributed by atoms with van der Waals surface area (Å²) in [4.78, 5) is 14.8. The Balaban J connectivity index is 1.31. The summed E-state index contributed by atoms with van der Waals surface area (Å²) >= 11 is 0. The largest absolute Gasteiger partial charge is 0.353 e. The fourth-order valence-corrected chi connectivity index (χ4v) is 3.82. The summed E-state index contributed by atoms with van der Waals surface area (Å²) < 4.78 is 0. The number of benzene rings is 2. The summed E-state index contributed by atoms with van der Waals surface area (Å²) in [5, 5.41) is 5.82. The topological polar surface area (TPSA) is 32.3 Å². The molecule has 2 aromatic carbocycles. The highest BCUT2D eigenvalue weighted by Crippen LogP contribution is 2.23. The molecule has 0 aromatic heterocycles. The van der Waals surface area contributed by atoms with Crippen LogP contribution < -0.4 is 5.32 Å². The molecule has 2 aromatic rings. The number of amides is 1. The van der Waals surface area contributed by atoms with Crippen LogP contribution in [0.15, 0.2) is 42.5 Å². The third-order valence-electron chi connectivity index (χ3n) is 5.63. The molecule has 126 valence electrons. The first kappa shape index (κ1) is 15.6. The summed E-state index contributed by atoms with van der Waals surface area (Å²) in [7, 11) is 0. The minimum Gasteiger partial charge on any atom is -0.353 e. The van der Waals surface area contributed by atoms with Gasteiger partial charge < -0.3 is 5.32 Å². The molecular formula is C21H26N2O. The number of piperidine rings is 1. The molecule has 2 fully saturated rings. The molecule has 0 unspecified atom stereocenters. The average Bonchev–Trinajstić information content (AvgIpc) is 2.58. The summed E-state index contributed by atoms with van der Waals surface area (Å²) in [6, 6.07) is 15.7. The number of nitrogens with zero attached hydrogens (tertiary/aromatic N) is 1. The van der Waals surface area contributed by atoms with Crippen LogP contribution in [0.3, 0.4) is 0 Å². The van der Waals surface area contributed by atoms with E-state index in [0.29, 0.717) is 11.9 Å². The predicted molar refractivity (Wildman–Crippen MR) is 97.7 cm³/mol. The second kappa shape index (κ2) is 6.94. The lowest BCUT2D eigenvalue weighted by Gasteiger charge is -2.33. The molecule has 24 heavy (non-hydrogen) atoms. The lowest BCUT2D eigenvalue weighted by atomic mass is 9.90. The van der Waals surface area contributed by atoms with Crippen molar-refractivity contribution in [2.45, 2.75) is 44.7 Å². The summed E-state index contributed by atoms with van der Waals surface area (Å²) in [6.07, 6.45) is 5.60. The van der Waals surface area contributed by atoms with Crippen molar-refractivity contribution >= 4 is 16.7 Å². The summed E-state index contributed by atoms with van der Waals surface area (Å²) in [6.45, 7) is 3.03. The number of rotatable bonds is 4. The molecular weight excluding hydrogens is 296 g/mol. The Morgan fingerprint density at radius 3 is 2.46 bits per heavy atom. The fraction of sp³-hybridized carbons (Fsp3) is 0.476. The molecule has 3 heteroatoms. The number of nitrogens with one attached hydrogen (secondary N) is 1. The average molecular weight is 322 g/mol. The van der Waals surface area contributed by atoms with Crippen molar-refractivity contribution in [3.63, 3.8) is 0 Å². The van der Waals surface area contributed by atoms with E-state index in [2.05, 4.69) is 52.7 Å². The Labute approximate surface area is 144 Å². The number of fused-ring (bicyclic) bond motifs is 1. The zero-order valence-electron chi connectivity index (χ0n) is 14.2. The maximum atomic E-state index is 12.3. The Morgan fingerprint density at radius 1 is 1.00 bits per heavy atom. The van der Waals surface area contributed by atoms with E-state index in [0.717, 1.165) is 32.5 Å². The first-order valence-corrected chi connectivity index (χ1v) is 9.28. The van der Waals surface area contributed by atoms with Crippen molar-refractivity contribution in [3.8, 4) is 0 Å². The second-order valence-electron chi connectivity index (χ2n) is 7.37. The molecule has 4 rings (SSSR count). The van der Waals surface area contributed by atoms with Gasteiger partial charge >= 0.3 is 0 Å². The van der Waals surface area contributed by atoms with Crippen molar-refractivity contribution < 1.29 is 4.79 Å². The van der Waals surface area contributed by atoms with Crippen molar-refractivity contribution in [2.75, 3.05) is 13.1 Å². The number of hydrogen-bond acceptors (Lipinski definition) is 2. The van der Waals surface area contributed by atoms with Gasteiger partial charge in [0.2, 0.25) is 5.91 Å². The summed E-state index contributed by atoms with van der Waals surface area (Å²) in [5.74, 6) is 0.517. The van der Waals surface area contributed by atoms with Crippen LogP contribution in [0.5, 0.6) is 0 Å². The zero-order valence-corrected chi connectivity index (χ0v) is 14.2. The fourth-order valence-electron chi connectivity index (χ4n) is 3.82. The van der Waals surface area contributed by atoms with Gasteiger partial charge in [-0.2, -0.15) is 0 Å². The molecule has 1 aliphatic heterocycles. The first-order chi connectivity index (χ1) is 11.8. The van der Waals surface area contributed by atoms with Gasteiger partial charge in [-0.05, 0) is 67.6 Å². The van der Waals surface area contributed by atoms with Gasteiger partial charge in [-0.25, -0.2) is 0 Å². The highest BCUT2D eigenvalue weighted by Gasteiger charge is 2.28. The van der Waals surface area contributed by atoms with E-state index >= 15 is 0 Å². The minimum absolute atomic E-state index is 0.221. The van der Waals surface area contributed by atoms with E-state index in [1.54, 1.807) is 0 Å². The lowest BCUT2D eigenvalue weighted by molar-refractivity contribution is -0.127. The van der Waals surface area contributed by atoms with Crippen molar-refractivity contribution in [3.05, 3.63) is 48.0 Å². The number of carbonyl (C=O) groups excluding carboxylic acids is 1. The molecule has 1 saturated heterocycles. The van der Waals surface area contributed by atoms with Gasteiger partial charge in [0.1, 0.15) is 0 Å². The Bertz CT molecular complexity index is 715. The molecule has 0 radical (unpaired) electrons. The molecule has 2 aliphatic rings. The van der Waals surface area contributed by atoms with Gasteiger partial charge in [-0.3, -0.25) is 9.69 Å². The normalized spacial score (nSPS) is 20.0. The van der Waals surface area contributed by atoms with E-state index in [-0.39, 0.29) is 5.92 Å². The molecule has 1 saturated carbocycles. The second-order valence-corrected chi connectivity index (χ2v) is 7.37. The molecule has 0 atom stereocenters.